The predicted molar refractivity (Wildman–Crippen MR) is 231 cm³/mol. The molecule has 1 aliphatic rings. The molecule has 55 heavy (non-hydrogen) atoms. The van der Waals surface area contributed by atoms with E-state index in [1.807, 2.05) is 0 Å². The van der Waals surface area contributed by atoms with Crippen molar-refractivity contribution in [2.45, 2.75) is 6.42 Å². The topological polar surface area (TPSA) is 28.7 Å². The van der Waals surface area contributed by atoms with Crippen molar-refractivity contribution >= 4 is 71.9 Å². The summed E-state index contributed by atoms with van der Waals surface area (Å²) < 4.78 is 7.05. The third-order valence-corrected chi connectivity index (χ3v) is 11.1. The van der Waals surface area contributed by atoms with E-state index in [1.54, 1.807) is 0 Å². The van der Waals surface area contributed by atoms with Crippen molar-refractivity contribution in [1.29, 1.82) is 0 Å². The molecule has 11 rings (SSSR count). The van der Waals surface area contributed by atoms with Crippen LogP contribution in [-0.4, -0.2) is 5.71 Å². The molecule has 0 atom stereocenters. The number of hydrogen-bond donors (Lipinski definition) is 0. The monoisotopic (exact) mass is 702 g/mol. The zero-order chi connectivity index (χ0) is 36.3. The fourth-order valence-electron chi connectivity index (χ4n) is 8.25. The Labute approximate surface area is 319 Å². The van der Waals surface area contributed by atoms with Crippen LogP contribution >= 0.6 is 0 Å². The van der Waals surface area contributed by atoms with Gasteiger partial charge in [0.1, 0.15) is 5.58 Å². The molecule has 0 saturated heterocycles. The van der Waals surface area contributed by atoms with Crippen molar-refractivity contribution in [2.75, 3.05) is 4.90 Å². The molecule has 1 aromatic heterocycles. The van der Waals surface area contributed by atoms with Gasteiger partial charge in [-0.25, -0.2) is 0 Å². The molecule has 0 saturated carbocycles. The van der Waals surface area contributed by atoms with Crippen LogP contribution < -0.4 is 4.90 Å². The van der Waals surface area contributed by atoms with Gasteiger partial charge in [0.25, 0.3) is 0 Å². The normalized spacial score (nSPS) is 12.4. The fourth-order valence-corrected chi connectivity index (χ4v) is 8.25. The molecule has 258 valence electrons. The van der Waals surface area contributed by atoms with E-state index in [4.69, 9.17) is 9.41 Å². The highest BCUT2D eigenvalue weighted by molar-refractivity contribution is 6.19. The molecule has 0 radical (unpaired) electrons. The third kappa shape index (κ3) is 5.40. The summed E-state index contributed by atoms with van der Waals surface area (Å²) in [6.45, 7) is 0. The van der Waals surface area contributed by atoms with Crippen molar-refractivity contribution in [3.05, 3.63) is 205 Å². The number of benzene rings is 9. The molecule has 2 heterocycles. The van der Waals surface area contributed by atoms with Crippen LogP contribution in [0.1, 0.15) is 11.1 Å². The molecule has 1 aliphatic heterocycles. The van der Waals surface area contributed by atoms with E-state index in [2.05, 4.69) is 199 Å². The Balaban J connectivity index is 1.05. The molecule has 0 fully saturated rings. The standard InChI is InChI=1S/C52H34N2O/c1-2-9-34(10-3-1)36-21-26-43(27-22-36)54(44-28-23-37(24-29-44)40-19-17-35-11-4-5-12-39(35)31-40)50-16-8-14-45-46-30-25-38-18-20-42(32-47(38)51(46)55-52(45)50)49-33-41-13-6-7-15-48(41)53-49/h1-32H,33H2. The molecular weight excluding hydrogens is 669 g/mol. The van der Waals surface area contributed by atoms with Crippen molar-refractivity contribution in [3.63, 3.8) is 0 Å². The third-order valence-electron chi connectivity index (χ3n) is 11.1. The Morgan fingerprint density at radius 3 is 1.82 bits per heavy atom. The van der Waals surface area contributed by atoms with Crippen LogP contribution in [0.3, 0.4) is 0 Å². The van der Waals surface area contributed by atoms with Crippen molar-refractivity contribution < 1.29 is 4.42 Å². The fraction of sp³-hybridized carbons (Fsp3) is 0.0192. The highest BCUT2D eigenvalue weighted by Gasteiger charge is 2.22. The minimum Gasteiger partial charge on any atom is -0.453 e. The second kappa shape index (κ2) is 12.7. The molecule has 0 spiro atoms. The first-order valence-corrected chi connectivity index (χ1v) is 18.8. The lowest BCUT2D eigenvalue weighted by atomic mass is 9.99. The molecule has 9 aromatic carbocycles. The van der Waals surface area contributed by atoms with Crippen LogP contribution in [0.15, 0.2) is 204 Å². The number of nitrogens with zero attached hydrogens (tertiary/aromatic N) is 2. The van der Waals surface area contributed by atoms with Gasteiger partial charge in [-0.05, 0) is 104 Å². The van der Waals surface area contributed by atoms with E-state index < -0.39 is 0 Å². The van der Waals surface area contributed by atoms with Gasteiger partial charge in [0.05, 0.1) is 17.1 Å². The number of aliphatic imine (C=N–C) groups is 1. The van der Waals surface area contributed by atoms with Gasteiger partial charge in [-0.3, -0.25) is 4.99 Å². The van der Waals surface area contributed by atoms with Crippen molar-refractivity contribution in [2.24, 2.45) is 4.99 Å². The van der Waals surface area contributed by atoms with Gasteiger partial charge in [-0.15, -0.1) is 0 Å². The van der Waals surface area contributed by atoms with Gasteiger partial charge in [0, 0.05) is 34.0 Å². The van der Waals surface area contributed by atoms with E-state index in [-0.39, 0.29) is 0 Å². The maximum Gasteiger partial charge on any atom is 0.159 e. The van der Waals surface area contributed by atoms with Crippen LogP contribution in [0, 0.1) is 0 Å². The number of anilines is 3. The van der Waals surface area contributed by atoms with Crippen LogP contribution in [0.25, 0.3) is 65.7 Å². The summed E-state index contributed by atoms with van der Waals surface area (Å²) in [4.78, 5) is 7.32. The van der Waals surface area contributed by atoms with E-state index >= 15 is 0 Å². The summed E-state index contributed by atoms with van der Waals surface area (Å²) in [6, 6.07) is 69.4. The van der Waals surface area contributed by atoms with E-state index in [1.165, 1.54) is 38.6 Å². The Hall–Kier alpha value is -7.23. The Morgan fingerprint density at radius 1 is 0.400 bits per heavy atom. The van der Waals surface area contributed by atoms with Crippen molar-refractivity contribution in [1.82, 2.24) is 0 Å². The van der Waals surface area contributed by atoms with Gasteiger partial charge in [-0.2, -0.15) is 0 Å². The lowest BCUT2D eigenvalue weighted by molar-refractivity contribution is 0.673. The van der Waals surface area contributed by atoms with Crippen LogP contribution in [0.2, 0.25) is 0 Å². The quantitative estimate of drug-likeness (QED) is 0.173. The Kier molecular flexibility index (Phi) is 7.24. The molecule has 0 bridgehead atoms. The van der Waals surface area contributed by atoms with Gasteiger partial charge >= 0.3 is 0 Å². The lowest BCUT2D eigenvalue weighted by Crippen LogP contribution is -2.10. The van der Waals surface area contributed by atoms with Crippen LogP contribution in [-0.2, 0) is 6.42 Å². The zero-order valence-electron chi connectivity index (χ0n) is 30.0. The van der Waals surface area contributed by atoms with Gasteiger partial charge in [0.2, 0.25) is 0 Å². The molecule has 10 aromatic rings. The number of furan rings is 1. The second-order valence-electron chi connectivity index (χ2n) is 14.4. The molecule has 0 unspecified atom stereocenters. The maximum absolute atomic E-state index is 7.05. The molecule has 3 nitrogen and oxygen atoms in total. The zero-order valence-corrected chi connectivity index (χ0v) is 30.0. The Morgan fingerprint density at radius 2 is 1.02 bits per heavy atom. The first-order valence-electron chi connectivity index (χ1n) is 18.8. The predicted octanol–water partition coefficient (Wildman–Crippen LogP) is 14.4. The van der Waals surface area contributed by atoms with Gasteiger partial charge in [-0.1, -0.05) is 140 Å². The molecule has 0 aliphatic carbocycles. The summed E-state index contributed by atoms with van der Waals surface area (Å²) in [5, 5.41) is 6.91. The first-order chi connectivity index (χ1) is 27.2. The minimum atomic E-state index is 0.833. The number of fused-ring (bicyclic) bond motifs is 7. The number of para-hydroxylation sites is 2. The number of hydrogen-bond acceptors (Lipinski definition) is 3. The summed E-state index contributed by atoms with van der Waals surface area (Å²) in [5.41, 5.74) is 14.1. The summed E-state index contributed by atoms with van der Waals surface area (Å²) in [5.74, 6) is 0. The SMILES string of the molecule is c1ccc(-c2ccc(N(c3ccc(-c4ccc5ccccc5c4)cc3)c3cccc4c3oc3c5cc(C6=Nc7ccccc7C6)ccc5ccc43)cc2)cc1. The van der Waals surface area contributed by atoms with E-state index in [0.29, 0.717) is 0 Å². The summed E-state index contributed by atoms with van der Waals surface area (Å²) >= 11 is 0. The summed E-state index contributed by atoms with van der Waals surface area (Å²) in [6.07, 6.45) is 0.833. The maximum atomic E-state index is 7.05. The highest BCUT2D eigenvalue weighted by Crippen LogP contribution is 2.44. The summed E-state index contributed by atoms with van der Waals surface area (Å²) in [7, 11) is 0. The van der Waals surface area contributed by atoms with E-state index in [0.717, 1.165) is 73.2 Å². The van der Waals surface area contributed by atoms with Crippen molar-refractivity contribution in [3.8, 4) is 22.3 Å². The number of rotatable bonds is 6. The molecule has 0 amide bonds. The van der Waals surface area contributed by atoms with Crippen LogP contribution in [0.5, 0.6) is 0 Å². The highest BCUT2D eigenvalue weighted by atomic mass is 16.3. The average Bonchev–Trinajstić information content (AvgIpc) is 3.87. The molecule has 3 heteroatoms. The van der Waals surface area contributed by atoms with Gasteiger partial charge < -0.3 is 9.32 Å². The Bertz CT molecular complexity index is 3100. The lowest BCUT2D eigenvalue weighted by Gasteiger charge is -2.26. The second-order valence-corrected chi connectivity index (χ2v) is 14.4. The smallest absolute Gasteiger partial charge is 0.159 e. The van der Waals surface area contributed by atoms with Gasteiger partial charge in [0.15, 0.2) is 5.58 Å². The largest absolute Gasteiger partial charge is 0.453 e. The average molecular weight is 703 g/mol. The molecular formula is C52H34N2O. The first kappa shape index (κ1) is 31.3. The molecule has 0 N–H and O–H groups in total. The van der Waals surface area contributed by atoms with Crippen LogP contribution in [0.4, 0.5) is 22.7 Å². The van der Waals surface area contributed by atoms with E-state index in [9.17, 15) is 0 Å². The minimum absolute atomic E-state index is 0.833.